The van der Waals surface area contributed by atoms with E-state index in [4.69, 9.17) is 27.6 Å². The highest BCUT2D eigenvalue weighted by molar-refractivity contribution is 7.99. The van der Waals surface area contributed by atoms with Gasteiger partial charge in [-0.05, 0) is 29.8 Å². The Labute approximate surface area is 186 Å². The van der Waals surface area contributed by atoms with Crippen molar-refractivity contribution in [2.24, 2.45) is 5.10 Å². The molecule has 0 saturated heterocycles. The van der Waals surface area contributed by atoms with Crippen LogP contribution in [0.1, 0.15) is 11.3 Å². The Balaban J connectivity index is 1.50. The molecule has 0 radical (unpaired) electrons. The Morgan fingerprint density at radius 3 is 2.63 bits per heavy atom. The van der Waals surface area contributed by atoms with E-state index in [1.807, 2.05) is 0 Å². The smallest absolute Gasteiger partial charge is 0.270 e. The molecule has 0 unspecified atom stereocenters. The Hall–Kier alpha value is -2.81. The summed E-state index contributed by atoms with van der Waals surface area (Å²) < 4.78 is 5.59. The van der Waals surface area contributed by atoms with E-state index in [2.05, 4.69) is 10.5 Å². The van der Waals surface area contributed by atoms with Crippen LogP contribution in [0.3, 0.4) is 0 Å². The molecular formula is C20H15Cl2N3O4S. The number of non-ortho nitro benzene ring substituents is 1. The average molecular weight is 464 g/mol. The lowest BCUT2D eigenvalue weighted by atomic mass is 10.1. The molecule has 0 aliphatic carbocycles. The maximum absolute atomic E-state index is 11.9. The molecule has 2 aromatic carbocycles. The Kier molecular flexibility index (Phi) is 7.51. The first-order valence-corrected chi connectivity index (χ1v) is 10.5. The summed E-state index contributed by atoms with van der Waals surface area (Å²) in [5.74, 6) is 1.24. The number of nitrogens with zero attached hydrogens (tertiary/aromatic N) is 2. The normalized spacial score (nSPS) is 11.0. The van der Waals surface area contributed by atoms with E-state index < -0.39 is 4.92 Å². The summed E-state index contributed by atoms with van der Waals surface area (Å²) in [6.07, 6.45) is 1.36. The highest BCUT2D eigenvalue weighted by Crippen LogP contribution is 2.28. The molecule has 1 N–H and O–H groups in total. The van der Waals surface area contributed by atoms with Gasteiger partial charge < -0.3 is 4.42 Å². The molecule has 0 fully saturated rings. The van der Waals surface area contributed by atoms with Crippen LogP contribution in [-0.2, 0) is 10.5 Å². The molecule has 1 amide bonds. The second-order valence-electron chi connectivity index (χ2n) is 6.00. The van der Waals surface area contributed by atoms with Gasteiger partial charge in [0, 0.05) is 33.5 Å². The molecule has 0 aliphatic rings. The van der Waals surface area contributed by atoms with Crippen molar-refractivity contribution in [3.63, 3.8) is 0 Å². The lowest BCUT2D eigenvalue weighted by Gasteiger charge is -2.06. The van der Waals surface area contributed by atoms with E-state index in [1.165, 1.54) is 30.1 Å². The molecule has 0 atom stereocenters. The minimum absolute atomic E-state index is 0.0260. The first kappa shape index (κ1) is 21.9. The van der Waals surface area contributed by atoms with Gasteiger partial charge in [-0.15, -0.1) is 11.8 Å². The zero-order valence-electron chi connectivity index (χ0n) is 15.4. The fourth-order valence-corrected chi connectivity index (χ4v) is 4.02. The van der Waals surface area contributed by atoms with E-state index in [0.29, 0.717) is 32.9 Å². The first-order chi connectivity index (χ1) is 14.4. The summed E-state index contributed by atoms with van der Waals surface area (Å²) in [5, 5.41) is 15.9. The first-order valence-electron chi connectivity index (χ1n) is 8.61. The van der Waals surface area contributed by atoms with Gasteiger partial charge >= 0.3 is 0 Å². The molecule has 154 valence electrons. The van der Waals surface area contributed by atoms with Gasteiger partial charge in [-0.1, -0.05) is 41.4 Å². The van der Waals surface area contributed by atoms with E-state index in [9.17, 15) is 14.9 Å². The third-order valence-electron chi connectivity index (χ3n) is 3.89. The van der Waals surface area contributed by atoms with Crippen molar-refractivity contribution in [3.8, 4) is 11.3 Å². The number of nitro benzene ring substituents is 1. The number of thioether (sulfide) groups is 1. The summed E-state index contributed by atoms with van der Waals surface area (Å²) in [5.41, 5.74) is 3.74. The molecule has 1 aromatic heterocycles. The second kappa shape index (κ2) is 10.3. The minimum atomic E-state index is -0.470. The minimum Gasteiger partial charge on any atom is -0.455 e. The van der Waals surface area contributed by atoms with Crippen LogP contribution in [0, 0.1) is 10.1 Å². The van der Waals surface area contributed by atoms with Crippen LogP contribution in [0.2, 0.25) is 10.0 Å². The lowest BCUT2D eigenvalue weighted by Crippen LogP contribution is -2.19. The number of amides is 1. The van der Waals surface area contributed by atoms with Crippen molar-refractivity contribution < 1.29 is 14.1 Å². The van der Waals surface area contributed by atoms with Crippen molar-refractivity contribution in [2.45, 2.75) is 5.75 Å². The molecule has 3 aromatic rings. The van der Waals surface area contributed by atoms with Crippen molar-refractivity contribution >= 4 is 52.8 Å². The third-order valence-corrected chi connectivity index (χ3v) is 5.56. The number of benzene rings is 2. The van der Waals surface area contributed by atoms with E-state index in [-0.39, 0.29) is 17.3 Å². The van der Waals surface area contributed by atoms with Crippen LogP contribution in [0.4, 0.5) is 5.69 Å². The van der Waals surface area contributed by atoms with Crippen LogP contribution < -0.4 is 5.43 Å². The quantitative estimate of drug-likeness (QED) is 0.268. The molecule has 0 spiro atoms. The number of rotatable bonds is 8. The van der Waals surface area contributed by atoms with Crippen molar-refractivity contribution in [2.75, 3.05) is 5.75 Å². The van der Waals surface area contributed by atoms with Gasteiger partial charge in [0.2, 0.25) is 5.91 Å². The van der Waals surface area contributed by atoms with Gasteiger partial charge in [0.05, 0.1) is 16.9 Å². The van der Waals surface area contributed by atoms with E-state index >= 15 is 0 Å². The standard InChI is InChI=1S/C20H15Cl2N3O4S/c21-17-5-2-6-18(22)16(17)11-30-12-20(26)24-23-10-15-7-8-19(29-15)13-3-1-4-14(9-13)25(27)28/h1-10H,11-12H2,(H,24,26)/b23-10-. The van der Waals surface area contributed by atoms with Crippen molar-refractivity contribution in [1.82, 2.24) is 5.43 Å². The van der Waals surface area contributed by atoms with Gasteiger partial charge in [0.1, 0.15) is 11.5 Å². The summed E-state index contributed by atoms with van der Waals surface area (Å²) >= 11 is 13.6. The van der Waals surface area contributed by atoms with Crippen molar-refractivity contribution in [3.05, 3.63) is 86.1 Å². The van der Waals surface area contributed by atoms with Gasteiger partial charge in [0.25, 0.3) is 5.69 Å². The maximum Gasteiger partial charge on any atom is 0.270 e. The van der Waals surface area contributed by atoms with Crippen molar-refractivity contribution in [1.29, 1.82) is 0 Å². The number of halogens is 2. The maximum atomic E-state index is 11.9. The van der Waals surface area contributed by atoms with Gasteiger partial charge in [-0.25, -0.2) is 5.43 Å². The predicted molar refractivity (Wildman–Crippen MR) is 119 cm³/mol. The number of hydrogen-bond acceptors (Lipinski definition) is 6. The zero-order valence-corrected chi connectivity index (χ0v) is 17.7. The zero-order chi connectivity index (χ0) is 21.5. The predicted octanol–water partition coefficient (Wildman–Crippen LogP) is 5.55. The molecule has 0 aliphatic heterocycles. The number of hydrogen-bond donors (Lipinski definition) is 1. The van der Waals surface area contributed by atoms with Gasteiger partial charge in [-0.2, -0.15) is 5.10 Å². The summed E-state index contributed by atoms with van der Waals surface area (Å²) in [6, 6.07) is 14.7. The number of carbonyl (C=O) groups excluding carboxylic acids is 1. The summed E-state index contributed by atoms with van der Waals surface area (Å²) in [7, 11) is 0. The summed E-state index contributed by atoms with van der Waals surface area (Å²) in [6.45, 7) is 0. The van der Waals surface area contributed by atoms with Crippen LogP contribution in [0.5, 0.6) is 0 Å². The largest absolute Gasteiger partial charge is 0.455 e. The summed E-state index contributed by atoms with van der Waals surface area (Å²) in [4.78, 5) is 22.3. The van der Waals surface area contributed by atoms with Gasteiger partial charge in [0.15, 0.2) is 0 Å². The number of nitro groups is 1. The Morgan fingerprint density at radius 2 is 1.90 bits per heavy atom. The molecule has 30 heavy (non-hydrogen) atoms. The molecule has 0 bridgehead atoms. The highest BCUT2D eigenvalue weighted by Gasteiger charge is 2.10. The second-order valence-corrected chi connectivity index (χ2v) is 7.80. The molecular weight excluding hydrogens is 449 g/mol. The molecule has 1 heterocycles. The topological polar surface area (TPSA) is 97.7 Å². The van der Waals surface area contributed by atoms with E-state index in [0.717, 1.165) is 5.56 Å². The van der Waals surface area contributed by atoms with Crippen LogP contribution in [0.25, 0.3) is 11.3 Å². The number of hydrazone groups is 1. The Morgan fingerprint density at radius 1 is 1.17 bits per heavy atom. The van der Waals surface area contributed by atoms with Crippen LogP contribution in [0.15, 0.2) is 64.1 Å². The highest BCUT2D eigenvalue weighted by atomic mass is 35.5. The number of carbonyl (C=O) groups is 1. The third kappa shape index (κ3) is 5.85. The van der Waals surface area contributed by atoms with Crippen LogP contribution >= 0.6 is 35.0 Å². The molecule has 3 rings (SSSR count). The van der Waals surface area contributed by atoms with E-state index in [1.54, 1.807) is 42.5 Å². The SMILES string of the molecule is O=C(CSCc1c(Cl)cccc1Cl)N/N=C\c1ccc(-c2cccc([N+](=O)[O-])c2)o1. The fraction of sp³-hybridized carbons (Fsp3) is 0.100. The molecule has 10 heteroatoms. The monoisotopic (exact) mass is 463 g/mol. The number of nitrogens with one attached hydrogen (secondary N) is 1. The average Bonchev–Trinajstić information content (AvgIpc) is 3.19. The molecule has 7 nitrogen and oxygen atoms in total. The Bertz CT molecular complexity index is 1080. The van der Waals surface area contributed by atoms with Gasteiger partial charge in [-0.3, -0.25) is 14.9 Å². The van der Waals surface area contributed by atoms with Crippen LogP contribution in [-0.4, -0.2) is 22.8 Å². The molecule has 0 saturated carbocycles. The fourth-order valence-electron chi connectivity index (χ4n) is 2.47. The lowest BCUT2D eigenvalue weighted by molar-refractivity contribution is -0.384. The number of furan rings is 1.